The van der Waals surface area contributed by atoms with Gasteiger partial charge in [-0.1, -0.05) is 87.1 Å². The lowest BCUT2D eigenvalue weighted by Gasteiger charge is -1.89. The number of nitrogens with zero attached hydrogens (tertiary/aromatic N) is 1. The van der Waals surface area contributed by atoms with E-state index in [1.165, 1.54) is 17.4 Å². The van der Waals surface area contributed by atoms with E-state index in [0.717, 1.165) is 24.8 Å². The van der Waals surface area contributed by atoms with Gasteiger partial charge in [0.2, 0.25) is 0 Å². The molecule has 3 rings (SSSR count). The number of rotatable bonds is 2. The smallest absolute Gasteiger partial charge is 0.0274 e. The van der Waals surface area contributed by atoms with Crippen LogP contribution in [0.1, 0.15) is 52.5 Å². The van der Waals surface area contributed by atoms with Gasteiger partial charge < -0.3 is 5.41 Å². The molecule has 0 spiro atoms. The Bertz CT molecular complexity index is 672. The Morgan fingerprint density at radius 3 is 2.33 bits per heavy atom. The summed E-state index contributed by atoms with van der Waals surface area (Å²) in [7, 11) is 0. The van der Waals surface area contributed by atoms with Gasteiger partial charge in [-0.3, -0.25) is 4.98 Å². The summed E-state index contributed by atoms with van der Waals surface area (Å²) in [6, 6.07) is 3.57. The fourth-order valence-corrected chi connectivity index (χ4v) is 2.00. The van der Waals surface area contributed by atoms with Crippen molar-refractivity contribution in [2.24, 2.45) is 0 Å². The van der Waals surface area contributed by atoms with Crippen LogP contribution in [0, 0.1) is 5.41 Å². The highest BCUT2D eigenvalue weighted by molar-refractivity contribution is 5.76. The summed E-state index contributed by atoms with van der Waals surface area (Å²) in [5, 5.41) is 6.79. The van der Waals surface area contributed by atoms with Gasteiger partial charge in [-0.25, -0.2) is 0 Å². The molecule has 1 aromatic heterocycles. The molecule has 0 unspecified atom stereocenters. The van der Waals surface area contributed by atoms with Crippen molar-refractivity contribution < 1.29 is 0 Å². The molecule has 1 N–H and O–H groups in total. The Morgan fingerprint density at radius 1 is 0.963 bits per heavy atom. The molecule has 0 fully saturated rings. The predicted octanol–water partition coefficient (Wildman–Crippen LogP) is 7.39. The van der Waals surface area contributed by atoms with E-state index in [2.05, 4.69) is 79.6 Å². The van der Waals surface area contributed by atoms with Crippen molar-refractivity contribution >= 4 is 6.21 Å². The third-order valence-electron chi connectivity index (χ3n) is 3.51. The van der Waals surface area contributed by atoms with Gasteiger partial charge in [0.1, 0.15) is 0 Å². The number of hydrogen-bond donors (Lipinski definition) is 1. The quantitative estimate of drug-likeness (QED) is 0.547. The Hall–Kier alpha value is -2.74. The Balaban J connectivity index is 0.000000359. The van der Waals surface area contributed by atoms with Crippen molar-refractivity contribution in [2.45, 2.75) is 47.0 Å². The van der Waals surface area contributed by atoms with Gasteiger partial charge in [-0.15, -0.1) is 0 Å². The highest BCUT2D eigenvalue weighted by atomic mass is 14.6. The van der Waals surface area contributed by atoms with Crippen molar-refractivity contribution in [3.8, 4) is 0 Å². The van der Waals surface area contributed by atoms with E-state index in [1.807, 2.05) is 13.8 Å². The third kappa shape index (κ3) is 14.1. The molecule has 0 atom stereocenters. The summed E-state index contributed by atoms with van der Waals surface area (Å²) in [4.78, 5) is 3.79. The van der Waals surface area contributed by atoms with Gasteiger partial charge in [0.05, 0.1) is 0 Å². The van der Waals surface area contributed by atoms with Crippen LogP contribution in [0.3, 0.4) is 0 Å². The van der Waals surface area contributed by atoms with E-state index < -0.39 is 0 Å². The molecule has 0 saturated carbocycles. The number of pyridine rings is 1. The van der Waals surface area contributed by atoms with Crippen LogP contribution in [0.25, 0.3) is 0 Å². The monoisotopic (exact) mass is 362 g/mol. The molecule has 144 valence electrons. The minimum atomic E-state index is 0.889. The lowest BCUT2D eigenvalue weighted by molar-refractivity contribution is 1.15. The molecular weight excluding hydrogens is 328 g/mol. The van der Waals surface area contributed by atoms with E-state index in [9.17, 15) is 0 Å². The maximum Gasteiger partial charge on any atom is 0.0274 e. The van der Waals surface area contributed by atoms with Crippen molar-refractivity contribution in [2.75, 3.05) is 0 Å². The summed E-state index contributed by atoms with van der Waals surface area (Å²) in [5.41, 5.74) is 3.73. The summed E-state index contributed by atoms with van der Waals surface area (Å²) >= 11 is 0. The summed E-state index contributed by atoms with van der Waals surface area (Å²) < 4.78 is 0. The minimum absolute atomic E-state index is 0.889. The first-order chi connectivity index (χ1) is 13.3. The average Bonchev–Trinajstić information content (AvgIpc) is 3.15. The first-order valence-electron chi connectivity index (χ1n) is 9.68. The van der Waals surface area contributed by atoms with Gasteiger partial charge in [0.15, 0.2) is 0 Å². The number of allylic oxidation sites excluding steroid dienone is 12. The van der Waals surface area contributed by atoms with Crippen molar-refractivity contribution in [3.05, 3.63) is 102 Å². The molecule has 0 bridgehead atoms. The second-order valence-corrected chi connectivity index (χ2v) is 5.62. The van der Waals surface area contributed by atoms with Crippen LogP contribution in [0.2, 0.25) is 0 Å². The molecule has 0 aromatic carbocycles. The summed E-state index contributed by atoms with van der Waals surface area (Å²) in [6.07, 6.45) is 29.3. The molecule has 1 heterocycles. The number of aromatic nitrogens is 1. The van der Waals surface area contributed by atoms with Gasteiger partial charge in [-0.2, -0.15) is 0 Å². The molecule has 2 aliphatic rings. The van der Waals surface area contributed by atoms with E-state index in [-0.39, 0.29) is 0 Å². The topological polar surface area (TPSA) is 36.7 Å². The maximum absolute atomic E-state index is 6.79. The zero-order chi connectivity index (χ0) is 20.2. The first-order valence-corrected chi connectivity index (χ1v) is 9.68. The average molecular weight is 363 g/mol. The van der Waals surface area contributed by atoms with Gasteiger partial charge in [-0.05, 0) is 49.5 Å². The van der Waals surface area contributed by atoms with Crippen LogP contribution in [0.4, 0.5) is 0 Å². The zero-order valence-corrected chi connectivity index (χ0v) is 17.2. The third-order valence-corrected chi connectivity index (χ3v) is 3.51. The largest absolute Gasteiger partial charge is 0.308 e. The first kappa shape index (κ1) is 24.3. The lowest BCUT2D eigenvalue weighted by Crippen LogP contribution is -1.76. The number of nitrogens with one attached hydrogen (secondary N) is 1. The van der Waals surface area contributed by atoms with Gasteiger partial charge in [0.25, 0.3) is 0 Å². The minimum Gasteiger partial charge on any atom is -0.308 e. The van der Waals surface area contributed by atoms with Crippen LogP contribution < -0.4 is 0 Å². The Kier molecular flexibility index (Phi) is 16.2. The predicted molar refractivity (Wildman–Crippen MR) is 121 cm³/mol. The second kappa shape index (κ2) is 18.1. The van der Waals surface area contributed by atoms with Crippen molar-refractivity contribution in [1.29, 1.82) is 5.41 Å². The molecule has 1 aromatic rings. The molecule has 0 radical (unpaired) electrons. The van der Waals surface area contributed by atoms with Crippen LogP contribution in [-0.4, -0.2) is 11.2 Å². The molecule has 27 heavy (non-hydrogen) atoms. The highest BCUT2D eigenvalue weighted by Gasteiger charge is 1.86. The highest BCUT2D eigenvalue weighted by Crippen LogP contribution is 2.07. The summed E-state index contributed by atoms with van der Waals surface area (Å²) in [6.45, 7) is 8.31. The molecule has 0 aliphatic heterocycles. The van der Waals surface area contributed by atoms with E-state index in [4.69, 9.17) is 5.41 Å². The second-order valence-electron chi connectivity index (χ2n) is 5.62. The Labute approximate surface area is 166 Å². The van der Waals surface area contributed by atoms with Crippen molar-refractivity contribution in [3.63, 3.8) is 0 Å². The van der Waals surface area contributed by atoms with Gasteiger partial charge in [0, 0.05) is 18.6 Å². The fraction of sp³-hybridized carbons (Fsp3) is 0.280. The standard InChI is InChI=1S/C9H12.C8H10.C6H6N2.C2H6/c1-2-9-7-5-3-4-6-8-9;1-8-6-4-2-3-5-7-8;7-5-6-1-3-8-4-2-6;1-2/h3,5-8H,2,4H2,1H3;2-6H,7H2,1H3;1-5,7H;1-2H3. The number of hydrogen-bond acceptors (Lipinski definition) is 2. The van der Waals surface area contributed by atoms with Crippen LogP contribution >= 0.6 is 0 Å². The molecule has 2 heteroatoms. The molecule has 0 amide bonds. The SMILES string of the molecule is CC.CC1=CC=CC=CC1.CCC1=CC=CCC=C1.N=Cc1ccncc1. The normalized spacial score (nSPS) is 13.8. The van der Waals surface area contributed by atoms with E-state index in [1.54, 1.807) is 24.5 Å². The zero-order valence-electron chi connectivity index (χ0n) is 17.2. The van der Waals surface area contributed by atoms with E-state index in [0.29, 0.717) is 0 Å². The van der Waals surface area contributed by atoms with Crippen LogP contribution in [-0.2, 0) is 0 Å². The van der Waals surface area contributed by atoms with Gasteiger partial charge >= 0.3 is 0 Å². The van der Waals surface area contributed by atoms with E-state index >= 15 is 0 Å². The molecule has 2 nitrogen and oxygen atoms in total. The summed E-state index contributed by atoms with van der Waals surface area (Å²) in [5.74, 6) is 0. The molecule has 2 aliphatic carbocycles. The maximum atomic E-state index is 6.79. The molecular formula is C25H34N2. The van der Waals surface area contributed by atoms with Crippen LogP contribution in [0.5, 0.6) is 0 Å². The van der Waals surface area contributed by atoms with Crippen molar-refractivity contribution in [1.82, 2.24) is 4.98 Å². The fourth-order valence-electron chi connectivity index (χ4n) is 2.00. The molecule has 0 saturated heterocycles. The lowest BCUT2D eigenvalue weighted by atomic mass is 10.2. The Morgan fingerprint density at radius 2 is 1.70 bits per heavy atom. The van der Waals surface area contributed by atoms with Crippen LogP contribution in [0.15, 0.2) is 96.4 Å².